The Labute approximate surface area is 162 Å². The van der Waals surface area contributed by atoms with Gasteiger partial charge in [-0.15, -0.1) is 0 Å². The van der Waals surface area contributed by atoms with Crippen molar-refractivity contribution in [1.29, 1.82) is 0 Å². The van der Waals surface area contributed by atoms with Gasteiger partial charge in [-0.25, -0.2) is 0 Å². The molecule has 0 aliphatic carbocycles. The molecule has 0 aromatic rings. The lowest BCUT2D eigenvalue weighted by Gasteiger charge is -2.22. The first kappa shape index (κ1) is 25.2. The summed E-state index contributed by atoms with van der Waals surface area (Å²) in [6.45, 7) is -0.871. The number of hydrogen-bond acceptors (Lipinski definition) is 8. The third kappa shape index (κ3) is 10.9. The van der Waals surface area contributed by atoms with Crippen LogP contribution in [-0.2, 0) is 33.6 Å². The van der Waals surface area contributed by atoms with Gasteiger partial charge in [-0.2, -0.15) is 0 Å². The number of carboxylic acid groups (broad SMARTS) is 4. The average Bonchev–Trinajstić information content (AvgIpc) is 2.56. The zero-order valence-corrected chi connectivity index (χ0v) is 14.8. The second kappa shape index (κ2) is 11.9. The van der Waals surface area contributed by atoms with E-state index in [1.54, 1.807) is 0 Å². The maximum absolute atomic E-state index is 12.3. The van der Waals surface area contributed by atoms with Crippen molar-refractivity contribution < 1.29 is 54.0 Å². The molecule has 15 heteroatoms. The number of hydrogen-bond donors (Lipinski definition) is 8. The largest absolute Gasteiger partial charge is 0.481 e. The van der Waals surface area contributed by atoms with Crippen LogP contribution in [0.3, 0.4) is 0 Å². The third-order valence-electron chi connectivity index (χ3n) is 3.17. The van der Waals surface area contributed by atoms with E-state index in [9.17, 15) is 33.6 Å². The van der Waals surface area contributed by atoms with E-state index >= 15 is 0 Å². The maximum Gasteiger partial charge on any atom is 0.322 e. The molecule has 3 atom stereocenters. The molecule has 0 spiro atoms. The number of carboxylic acids is 4. The fourth-order valence-corrected chi connectivity index (χ4v) is 1.89. The van der Waals surface area contributed by atoms with Crippen molar-refractivity contribution in [3.05, 3.63) is 0 Å². The summed E-state index contributed by atoms with van der Waals surface area (Å²) in [6, 6.07) is -5.20. The maximum atomic E-state index is 12.3. The Balaban J connectivity index is 5.30. The van der Waals surface area contributed by atoms with Gasteiger partial charge < -0.3 is 42.1 Å². The molecule has 0 radical (unpaired) electrons. The highest BCUT2D eigenvalue weighted by molar-refractivity contribution is 5.97. The van der Waals surface area contributed by atoms with E-state index in [0.717, 1.165) is 0 Å². The van der Waals surface area contributed by atoms with Crippen molar-refractivity contribution in [1.82, 2.24) is 16.0 Å². The molecule has 0 rings (SSSR count). The Kier molecular flexibility index (Phi) is 10.3. The van der Waals surface area contributed by atoms with Gasteiger partial charge in [-0.1, -0.05) is 0 Å². The number of carbonyl (C=O) groups is 7. The summed E-state index contributed by atoms with van der Waals surface area (Å²) in [7, 11) is 0. The summed E-state index contributed by atoms with van der Waals surface area (Å²) in [5.74, 6) is -9.58. The van der Waals surface area contributed by atoms with Crippen LogP contribution in [0.1, 0.15) is 19.3 Å². The Morgan fingerprint density at radius 1 is 0.621 bits per heavy atom. The number of rotatable bonds is 13. The van der Waals surface area contributed by atoms with Crippen molar-refractivity contribution in [3.8, 4) is 0 Å². The molecule has 0 aliphatic heterocycles. The van der Waals surface area contributed by atoms with E-state index < -0.39 is 85.5 Å². The van der Waals surface area contributed by atoms with Crippen LogP contribution in [0.15, 0.2) is 0 Å². The fourth-order valence-electron chi connectivity index (χ4n) is 1.89. The van der Waals surface area contributed by atoms with Gasteiger partial charge in [0.05, 0.1) is 25.3 Å². The highest BCUT2D eigenvalue weighted by Gasteiger charge is 2.31. The SMILES string of the molecule is NC(CC(=O)O)C(=O)NC(CC(=O)O)C(=O)NC(CC(=O)O)C(=O)NCC(=O)O. The standard InChI is InChI=1S/C14H20N4O11/c15-5(1-8(19)20)12(27)17-7(3-10(23)24)14(29)18-6(2-9(21)22)13(28)16-4-11(25)26/h5-7H,1-4,15H2,(H,16,28)(H,17,27)(H,18,29)(H,19,20)(H,21,22)(H,23,24)(H,25,26). The highest BCUT2D eigenvalue weighted by Crippen LogP contribution is 2.00. The Morgan fingerprint density at radius 2 is 1.03 bits per heavy atom. The third-order valence-corrected chi connectivity index (χ3v) is 3.17. The minimum absolute atomic E-state index is 0.813. The lowest BCUT2D eigenvalue weighted by Crippen LogP contribution is -2.57. The van der Waals surface area contributed by atoms with Crippen LogP contribution in [-0.4, -0.2) is 86.7 Å². The van der Waals surface area contributed by atoms with Gasteiger partial charge in [0.2, 0.25) is 17.7 Å². The van der Waals surface area contributed by atoms with Crippen molar-refractivity contribution in [3.63, 3.8) is 0 Å². The summed E-state index contributed by atoms with van der Waals surface area (Å²) in [5, 5.41) is 40.5. The molecule has 0 saturated carbocycles. The Hall–Kier alpha value is -3.75. The second-order valence-corrected chi connectivity index (χ2v) is 5.63. The van der Waals surface area contributed by atoms with Crippen LogP contribution < -0.4 is 21.7 Å². The minimum Gasteiger partial charge on any atom is -0.481 e. The predicted molar refractivity (Wildman–Crippen MR) is 89.2 cm³/mol. The monoisotopic (exact) mass is 420 g/mol. The molecule has 0 aromatic heterocycles. The molecule has 0 aromatic carbocycles. The van der Waals surface area contributed by atoms with E-state index in [4.69, 9.17) is 26.2 Å². The van der Waals surface area contributed by atoms with Gasteiger partial charge in [-0.05, 0) is 0 Å². The van der Waals surface area contributed by atoms with Gasteiger partial charge in [0.1, 0.15) is 18.6 Å². The van der Waals surface area contributed by atoms with Crippen LogP contribution in [0.2, 0.25) is 0 Å². The van der Waals surface area contributed by atoms with Crippen LogP contribution >= 0.6 is 0 Å². The molecule has 0 saturated heterocycles. The Bertz CT molecular complexity index is 693. The molecule has 15 nitrogen and oxygen atoms in total. The topological polar surface area (TPSA) is 263 Å². The van der Waals surface area contributed by atoms with E-state index in [2.05, 4.69) is 0 Å². The molecule has 3 amide bonds. The fraction of sp³-hybridized carbons (Fsp3) is 0.500. The average molecular weight is 420 g/mol. The number of nitrogens with two attached hydrogens (primary N) is 1. The summed E-state index contributed by atoms with van der Waals surface area (Å²) >= 11 is 0. The zero-order valence-electron chi connectivity index (χ0n) is 14.8. The smallest absolute Gasteiger partial charge is 0.322 e. The number of amides is 3. The summed E-state index contributed by atoms with van der Waals surface area (Å²) in [6.07, 6.45) is -2.77. The van der Waals surface area contributed by atoms with Crippen molar-refractivity contribution in [2.75, 3.05) is 6.54 Å². The molecule has 0 bridgehead atoms. The van der Waals surface area contributed by atoms with Gasteiger partial charge in [-0.3, -0.25) is 33.6 Å². The van der Waals surface area contributed by atoms with Crippen molar-refractivity contribution in [2.45, 2.75) is 37.4 Å². The molecule has 0 fully saturated rings. The lowest BCUT2D eigenvalue weighted by atomic mass is 10.1. The summed E-state index contributed by atoms with van der Waals surface area (Å²) in [5.41, 5.74) is 5.31. The number of carbonyl (C=O) groups excluding carboxylic acids is 3. The van der Waals surface area contributed by atoms with Gasteiger partial charge in [0, 0.05) is 0 Å². The van der Waals surface area contributed by atoms with E-state index in [1.807, 2.05) is 16.0 Å². The predicted octanol–water partition coefficient (Wildman–Crippen LogP) is -4.09. The van der Waals surface area contributed by atoms with Crippen LogP contribution in [0.4, 0.5) is 0 Å². The van der Waals surface area contributed by atoms with Crippen molar-refractivity contribution >= 4 is 41.6 Å². The number of aliphatic carboxylic acids is 4. The first-order valence-electron chi connectivity index (χ1n) is 7.84. The molecule has 9 N–H and O–H groups in total. The molecule has 0 heterocycles. The summed E-state index contributed by atoms with van der Waals surface area (Å²) in [4.78, 5) is 78.8. The first-order valence-corrected chi connectivity index (χ1v) is 7.84. The second-order valence-electron chi connectivity index (χ2n) is 5.63. The van der Waals surface area contributed by atoms with Gasteiger partial charge >= 0.3 is 23.9 Å². The molecule has 0 aliphatic rings. The van der Waals surface area contributed by atoms with E-state index in [1.165, 1.54) is 0 Å². The van der Waals surface area contributed by atoms with Crippen LogP contribution in [0, 0.1) is 0 Å². The van der Waals surface area contributed by atoms with Crippen molar-refractivity contribution in [2.24, 2.45) is 5.73 Å². The first-order chi connectivity index (χ1) is 13.3. The quantitative estimate of drug-likeness (QED) is 0.141. The molecular formula is C14H20N4O11. The Morgan fingerprint density at radius 3 is 1.45 bits per heavy atom. The summed E-state index contributed by atoms with van der Waals surface area (Å²) < 4.78 is 0. The molecular weight excluding hydrogens is 400 g/mol. The minimum atomic E-state index is -1.82. The highest BCUT2D eigenvalue weighted by atomic mass is 16.4. The molecule has 162 valence electrons. The lowest BCUT2D eigenvalue weighted by molar-refractivity contribution is -0.144. The number of nitrogens with one attached hydrogen (secondary N) is 3. The van der Waals surface area contributed by atoms with E-state index in [0.29, 0.717) is 0 Å². The van der Waals surface area contributed by atoms with E-state index in [-0.39, 0.29) is 0 Å². The molecule has 29 heavy (non-hydrogen) atoms. The van der Waals surface area contributed by atoms with Crippen LogP contribution in [0.5, 0.6) is 0 Å². The molecule has 3 unspecified atom stereocenters. The normalized spacial score (nSPS) is 13.3. The van der Waals surface area contributed by atoms with Gasteiger partial charge in [0.25, 0.3) is 0 Å². The van der Waals surface area contributed by atoms with Crippen LogP contribution in [0.25, 0.3) is 0 Å². The van der Waals surface area contributed by atoms with Gasteiger partial charge in [0.15, 0.2) is 0 Å². The zero-order chi connectivity index (χ0) is 22.7.